The van der Waals surface area contributed by atoms with Gasteiger partial charge in [0.05, 0.1) is 6.54 Å². The lowest BCUT2D eigenvalue weighted by molar-refractivity contribution is -0.368. The SMILES string of the molecule is [NH3+]CCCCNCCCC=O. The number of nitrogens with one attached hydrogen (secondary N) is 1. The lowest BCUT2D eigenvalue weighted by Crippen LogP contribution is -2.50. The van der Waals surface area contributed by atoms with Gasteiger partial charge in [0.15, 0.2) is 0 Å². The van der Waals surface area contributed by atoms with Gasteiger partial charge >= 0.3 is 0 Å². The zero-order chi connectivity index (χ0) is 8.36. The molecule has 3 nitrogen and oxygen atoms in total. The lowest BCUT2D eigenvalue weighted by Gasteiger charge is -2.00. The molecule has 66 valence electrons. The Labute approximate surface area is 68.3 Å². The Bertz CT molecular complexity index is 86.2. The average molecular weight is 159 g/mol. The van der Waals surface area contributed by atoms with Crippen molar-refractivity contribution in [3.63, 3.8) is 0 Å². The predicted octanol–water partition coefficient (Wildman–Crippen LogP) is -0.423. The van der Waals surface area contributed by atoms with Crippen LogP contribution in [0.3, 0.4) is 0 Å². The summed E-state index contributed by atoms with van der Waals surface area (Å²) in [7, 11) is 0. The van der Waals surface area contributed by atoms with Gasteiger partial charge in [-0.05, 0) is 32.4 Å². The molecule has 0 atom stereocenters. The molecule has 0 aliphatic rings. The number of hydrogen-bond donors (Lipinski definition) is 2. The molecule has 0 saturated carbocycles. The highest BCUT2D eigenvalue weighted by molar-refractivity contribution is 5.48. The van der Waals surface area contributed by atoms with Crippen molar-refractivity contribution in [3.05, 3.63) is 0 Å². The predicted molar refractivity (Wildman–Crippen MR) is 45.2 cm³/mol. The smallest absolute Gasteiger partial charge is 0.120 e. The van der Waals surface area contributed by atoms with Crippen LogP contribution in [0.15, 0.2) is 0 Å². The molecule has 0 amide bonds. The minimum absolute atomic E-state index is 0.683. The van der Waals surface area contributed by atoms with Crippen molar-refractivity contribution in [2.75, 3.05) is 19.6 Å². The first-order valence-corrected chi connectivity index (χ1v) is 4.35. The number of aldehydes is 1. The van der Waals surface area contributed by atoms with Crippen molar-refractivity contribution >= 4 is 6.29 Å². The summed E-state index contributed by atoms with van der Waals surface area (Å²) in [4.78, 5) is 9.90. The monoisotopic (exact) mass is 159 g/mol. The van der Waals surface area contributed by atoms with Crippen molar-refractivity contribution in [1.82, 2.24) is 5.32 Å². The standard InChI is InChI=1S/C8H18N2O/c9-5-1-2-6-10-7-3-4-8-11/h8,10H,1-7,9H2/p+1. The molecule has 0 aliphatic carbocycles. The zero-order valence-corrected chi connectivity index (χ0v) is 7.14. The molecule has 11 heavy (non-hydrogen) atoms. The fourth-order valence-electron chi connectivity index (χ4n) is 0.862. The van der Waals surface area contributed by atoms with Crippen LogP contribution in [-0.2, 0) is 4.79 Å². The molecule has 0 fully saturated rings. The molecular formula is C8H19N2O+. The van der Waals surface area contributed by atoms with Gasteiger partial charge in [-0.2, -0.15) is 0 Å². The number of rotatable bonds is 8. The maximum absolute atomic E-state index is 9.90. The van der Waals surface area contributed by atoms with E-state index in [0.717, 1.165) is 32.3 Å². The maximum atomic E-state index is 9.90. The topological polar surface area (TPSA) is 56.7 Å². The van der Waals surface area contributed by atoms with Crippen LogP contribution in [0.25, 0.3) is 0 Å². The summed E-state index contributed by atoms with van der Waals surface area (Å²) in [6.07, 6.45) is 5.01. The Morgan fingerprint density at radius 3 is 2.55 bits per heavy atom. The average Bonchev–Trinajstić information content (AvgIpc) is 2.03. The third-order valence-electron chi connectivity index (χ3n) is 1.53. The van der Waals surface area contributed by atoms with E-state index < -0.39 is 0 Å². The Morgan fingerprint density at radius 1 is 1.18 bits per heavy atom. The largest absolute Gasteiger partial charge is 0.358 e. The number of unbranched alkanes of at least 4 members (excludes halogenated alkanes) is 2. The molecule has 0 unspecified atom stereocenters. The number of hydrogen-bond acceptors (Lipinski definition) is 2. The second-order valence-corrected chi connectivity index (χ2v) is 2.62. The van der Waals surface area contributed by atoms with Gasteiger partial charge in [0.25, 0.3) is 0 Å². The van der Waals surface area contributed by atoms with Crippen LogP contribution >= 0.6 is 0 Å². The molecule has 0 saturated heterocycles. The van der Waals surface area contributed by atoms with Crippen LogP contribution in [0.1, 0.15) is 25.7 Å². The first-order chi connectivity index (χ1) is 5.41. The van der Waals surface area contributed by atoms with Gasteiger partial charge in [-0.15, -0.1) is 0 Å². The molecule has 0 spiro atoms. The molecule has 0 rings (SSSR count). The van der Waals surface area contributed by atoms with E-state index in [0.29, 0.717) is 6.42 Å². The number of carbonyl (C=O) groups is 1. The molecule has 0 bridgehead atoms. The van der Waals surface area contributed by atoms with Crippen molar-refractivity contribution in [3.8, 4) is 0 Å². The van der Waals surface area contributed by atoms with Gasteiger partial charge in [0.1, 0.15) is 6.29 Å². The van der Waals surface area contributed by atoms with Gasteiger partial charge in [0.2, 0.25) is 0 Å². The van der Waals surface area contributed by atoms with Crippen molar-refractivity contribution in [2.24, 2.45) is 0 Å². The molecule has 3 heteroatoms. The van der Waals surface area contributed by atoms with E-state index in [4.69, 9.17) is 0 Å². The van der Waals surface area contributed by atoms with E-state index in [1.54, 1.807) is 0 Å². The quantitative estimate of drug-likeness (QED) is 0.373. The number of carbonyl (C=O) groups excluding carboxylic acids is 1. The van der Waals surface area contributed by atoms with E-state index in [1.165, 1.54) is 12.8 Å². The second-order valence-electron chi connectivity index (χ2n) is 2.62. The first-order valence-electron chi connectivity index (χ1n) is 4.35. The highest BCUT2D eigenvalue weighted by Gasteiger charge is 1.88. The van der Waals surface area contributed by atoms with Gasteiger partial charge < -0.3 is 15.8 Å². The lowest BCUT2D eigenvalue weighted by atomic mass is 10.3. The summed E-state index contributed by atoms with van der Waals surface area (Å²) in [5.41, 5.74) is 3.76. The van der Waals surface area contributed by atoms with E-state index in [9.17, 15) is 4.79 Å². The van der Waals surface area contributed by atoms with Gasteiger partial charge in [-0.3, -0.25) is 0 Å². The van der Waals surface area contributed by atoms with E-state index >= 15 is 0 Å². The summed E-state index contributed by atoms with van der Waals surface area (Å²) >= 11 is 0. The third-order valence-corrected chi connectivity index (χ3v) is 1.53. The molecular weight excluding hydrogens is 140 g/mol. The Balaban J connectivity index is 2.74. The summed E-state index contributed by atoms with van der Waals surface area (Å²) in [5.74, 6) is 0. The van der Waals surface area contributed by atoms with Crippen LogP contribution < -0.4 is 11.1 Å². The van der Waals surface area contributed by atoms with E-state index in [1.807, 2.05) is 0 Å². The summed E-state index contributed by atoms with van der Waals surface area (Å²) in [6.45, 7) is 3.06. The van der Waals surface area contributed by atoms with Crippen LogP contribution in [0, 0.1) is 0 Å². The van der Waals surface area contributed by atoms with Crippen molar-refractivity contribution < 1.29 is 10.5 Å². The summed E-state index contributed by atoms with van der Waals surface area (Å²) in [5, 5.41) is 3.27. The molecule has 0 aliphatic heterocycles. The molecule has 4 N–H and O–H groups in total. The Hall–Kier alpha value is -0.410. The third kappa shape index (κ3) is 9.59. The molecule has 0 aromatic heterocycles. The first kappa shape index (κ1) is 10.6. The summed E-state index contributed by atoms with van der Waals surface area (Å²) in [6, 6.07) is 0. The molecule has 0 radical (unpaired) electrons. The van der Waals surface area contributed by atoms with Crippen molar-refractivity contribution in [1.29, 1.82) is 0 Å². The van der Waals surface area contributed by atoms with Crippen LogP contribution in [0.4, 0.5) is 0 Å². The molecule has 0 aromatic rings. The highest BCUT2D eigenvalue weighted by atomic mass is 16.1. The minimum atomic E-state index is 0.683. The normalized spacial score (nSPS) is 9.91. The van der Waals surface area contributed by atoms with Crippen molar-refractivity contribution in [2.45, 2.75) is 25.7 Å². The fraction of sp³-hybridized carbons (Fsp3) is 0.875. The second kappa shape index (κ2) is 9.59. The highest BCUT2D eigenvalue weighted by Crippen LogP contribution is 1.84. The Morgan fingerprint density at radius 2 is 1.91 bits per heavy atom. The van der Waals surface area contributed by atoms with Crippen LogP contribution in [0.5, 0.6) is 0 Å². The van der Waals surface area contributed by atoms with Gasteiger partial charge in [-0.25, -0.2) is 0 Å². The van der Waals surface area contributed by atoms with Gasteiger partial charge in [-0.1, -0.05) is 0 Å². The Kier molecular flexibility index (Phi) is 9.23. The zero-order valence-electron chi connectivity index (χ0n) is 7.14. The fourth-order valence-corrected chi connectivity index (χ4v) is 0.862. The van der Waals surface area contributed by atoms with Crippen LogP contribution in [0.2, 0.25) is 0 Å². The minimum Gasteiger partial charge on any atom is -0.358 e. The van der Waals surface area contributed by atoms with Crippen LogP contribution in [-0.4, -0.2) is 25.9 Å². The maximum Gasteiger partial charge on any atom is 0.120 e. The van der Waals surface area contributed by atoms with E-state index in [2.05, 4.69) is 11.1 Å². The van der Waals surface area contributed by atoms with E-state index in [-0.39, 0.29) is 0 Å². The van der Waals surface area contributed by atoms with Gasteiger partial charge in [0, 0.05) is 6.42 Å². The summed E-state index contributed by atoms with van der Waals surface area (Å²) < 4.78 is 0. The number of quaternary nitrogens is 1. The molecule has 0 aromatic carbocycles. The molecule has 0 heterocycles.